The van der Waals surface area contributed by atoms with Gasteiger partial charge in [0, 0.05) is 55.2 Å². The molecule has 0 aliphatic heterocycles. The Balaban J connectivity index is 1.08. The topological polar surface area (TPSA) is 21.3 Å². The first-order valence-electron chi connectivity index (χ1n) is 24.2. The molecule has 258 valence electrons. The Labute approximate surface area is 336 Å². The van der Waals surface area contributed by atoms with Gasteiger partial charge in [-0.05, 0) is 88.7 Å². The Morgan fingerprint density at radius 1 is 0.418 bits per heavy atom. The molecular weight excluding hydrogens is 669 g/mol. The fourth-order valence-electron chi connectivity index (χ4n) is 7.47. The van der Waals surface area contributed by atoms with Crippen molar-refractivity contribution >= 4 is 71.6 Å². The first kappa shape index (κ1) is 20.8. The molecule has 0 unspecified atom stereocenters. The van der Waals surface area contributed by atoms with E-state index in [1.165, 1.54) is 0 Å². The van der Waals surface area contributed by atoms with Gasteiger partial charge in [0.15, 0.2) is 0 Å². The summed E-state index contributed by atoms with van der Waals surface area (Å²) in [6.07, 6.45) is 0. The molecule has 55 heavy (non-hydrogen) atoms. The molecular formula is C52H34N2O. The lowest BCUT2D eigenvalue weighted by Crippen LogP contribution is -2.09. The second kappa shape index (κ2) is 12.6. The van der Waals surface area contributed by atoms with E-state index in [2.05, 4.69) is 41.0 Å². The van der Waals surface area contributed by atoms with Crippen molar-refractivity contribution in [3.05, 3.63) is 206 Å². The standard InChI is InChI=1S/C52H34N2O/c1-2-14-39(15-3-1)53(41-31-26-37(27-32-41)44-20-11-21-47-48-33-28-36-12-4-5-17-43(36)52(48)55-51(44)47)40-29-24-35(25-30-40)38-13-10-16-42(34-38)54-49-22-8-6-18-45(49)46-19-7-9-23-50(46)54/h1-34H/i4D,5D,11D,12D,17D,20D,21D,26D,27D,28D,31D,32D,33D. The van der Waals surface area contributed by atoms with Gasteiger partial charge in [0.1, 0.15) is 11.2 Å². The van der Waals surface area contributed by atoms with Crippen molar-refractivity contribution in [2.45, 2.75) is 0 Å². The van der Waals surface area contributed by atoms with Gasteiger partial charge in [-0.1, -0.05) is 139 Å². The van der Waals surface area contributed by atoms with E-state index in [1.54, 1.807) is 29.2 Å². The average Bonchev–Trinajstić information content (AvgIpc) is 3.92. The fraction of sp³-hybridized carbons (Fsp3) is 0. The summed E-state index contributed by atoms with van der Waals surface area (Å²) in [6, 6.07) is 33.7. The predicted molar refractivity (Wildman–Crippen MR) is 231 cm³/mol. The summed E-state index contributed by atoms with van der Waals surface area (Å²) in [6.45, 7) is 0. The Bertz CT molecular complexity index is 3880. The van der Waals surface area contributed by atoms with Gasteiger partial charge >= 0.3 is 0 Å². The molecule has 11 aromatic rings. The third-order valence-corrected chi connectivity index (χ3v) is 9.98. The predicted octanol–water partition coefficient (Wildman–Crippen LogP) is 14.6. The zero-order valence-corrected chi connectivity index (χ0v) is 28.9. The van der Waals surface area contributed by atoms with Gasteiger partial charge in [-0.2, -0.15) is 0 Å². The van der Waals surface area contributed by atoms with Gasteiger partial charge < -0.3 is 13.9 Å². The second-order valence-corrected chi connectivity index (χ2v) is 13.1. The van der Waals surface area contributed by atoms with E-state index in [-0.39, 0.29) is 44.0 Å². The number of para-hydroxylation sites is 4. The van der Waals surface area contributed by atoms with Gasteiger partial charge in [-0.15, -0.1) is 0 Å². The van der Waals surface area contributed by atoms with Crippen LogP contribution in [0.15, 0.2) is 210 Å². The second-order valence-electron chi connectivity index (χ2n) is 13.1. The molecule has 2 aromatic heterocycles. The number of anilines is 3. The maximum atomic E-state index is 9.53. The maximum absolute atomic E-state index is 9.53. The zero-order valence-electron chi connectivity index (χ0n) is 41.9. The molecule has 3 nitrogen and oxygen atoms in total. The van der Waals surface area contributed by atoms with Crippen molar-refractivity contribution in [2.24, 2.45) is 0 Å². The SMILES string of the molecule is [2H]c1c([2H])c(N(c2ccccc2)c2ccc(-c3cccc(-n4c5ccccc5c5ccccc54)c3)cc2)c([2H])c([2H])c1-c1c([2H])c([2H])c([2H])c2c1oc1c3c([2H])c([2H])c([2H])c([2H])c3c([2H])c([2H])c12. The molecule has 0 radical (unpaired) electrons. The normalized spacial score (nSPS) is 14.9. The van der Waals surface area contributed by atoms with Gasteiger partial charge in [0.05, 0.1) is 28.9 Å². The summed E-state index contributed by atoms with van der Waals surface area (Å²) >= 11 is 0. The van der Waals surface area contributed by atoms with Crippen molar-refractivity contribution < 1.29 is 22.2 Å². The van der Waals surface area contributed by atoms with E-state index in [0.29, 0.717) is 11.4 Å². The fourth-order valence-corrected chi connectivity index (χ4v) is 7.47. The molecule has 2 heterocycles. The van der Waals surface area contributed by atoms with E-state index < -0.39 is 84.1 Å². The van der Waals surface area contributed by atoms with Crippen LogP contribution in [0.1, 0.15) is 17.8 Å². The quantitative estimate of drug-likeness (QED) is 0.171. The third-order valence-electron chi connectivity index (χ3n) is 9.98. The molecule has 0 fully saturated rings. The molecule has 9 aromatic carbocycles. The highest BCUT2D eigenvalue weighted by atomic mass is 16.3. The van der Waals surface area contributed by atoms with Gasteiger partial charge in [0.2, 0.25) is 0 Å². The molecule has 0 N–H and O–H groups in total. The van der Waals surface area contributed by atoms with E-state index in [1.807, 2.05) is 66.7 Å². The largest absolute Gasteiger partial charge is 0.455 e. The molecule has 0 amide bonds. The molecule has 0 atom stereocenters. The van der Waals surface area contributed by atoms with Crippen LogP contribution in [0.4, 0.5) is 17.1 Å². The Morgan fingerprint density at radius 3 is 1.87 bits per heavy atom. The lowest BCUT2D eigenvalue weighted by atomic mass is 10.0. The number of benzene rings is 9. The van der Waals surface area contributed by atoms with Crippen molar-refractivity contribution in [2.75, 3.05) is 4.90 Å². The molecule has 0 aliphatic rings. The van der Waals surface area contributed by atoms with Crippen molar-refractivity contribution in [1.29, 1.82) is 0 Å². The number of rotatable bonds is 6. The number of furan rings is 1. The molecule has 0 saturated heterocycles. The highest BCUT2D eigenvalue weighted by Crippen LogP contribution is 2.41. The van der Waals surface area contributed by atoms with Crippen LogP contribution in [0.3, 0.4) is 0 Å². The van der Waals surface area contributed by atoms with E-state index in [0.717, 1.165) is 38.6 Å². The minimum atomic E-state index is -0.677. The summed E-state index contributed by atoms with van der Waals surface area (Å²) in [7, 11) is 0. The minimum Gasteiger partial charge on any atom is -0.455 e. The van der Waals surface area contributed by atoms with E-state index in [9.17, 15) is 5.48 Å². The van der Waals surface area contributed by atoms with Crippen LogP contribution in [-0.2, 0) is 0 Å². The summed E-state index contributed by atoms with van der Waals surface area (Å²) in [5.74, 6) is 0. The summed E-state index contributed by atoms with van der Waals surface area (Å²) in [5, 5.41) is 1.30. The lowest BCUT2D eigenvalue weighted by molar-refractivity contribution is 0.674. The molecule has 0 aliphatic carbocycles. The van der Waals surface area contributed by atoms with Crippen LogP contribution in [0.5, 0.6) is 0 Å². The van der Waals surface area contributed by atoms with Crippen LogP contribution < -0.4 is 4.90 Å². The van der Waals surface area contributed by atoms with Crippen LogP contribution in [0.25, 0.3) is 82.5 Å². The van der Waals surface area contributed by atoms with Crippen molar-refractivity contribution in [3.63, 3.8) is 0 Å². The molecule has 0 bridgehead atoms. The maximum Gasteiger partial charge on any atom is 0.143 e. The number of fused-ring (bicyclic) bond motifs is 8. The van der Waals surface area contributed by atoms with Crippen LogP contribution in [0, 0.1) is 0 Å². The Hall–Kier alpha value is -7.36. The first-order valence-corrected chi connectivity index (χ1v) is 17.7. The summed E-state index contributed by atoms with van der Waals surface area (Å²) < 4.78 is 125. The third kappa shape index (κ3) is 5.13. The van der Waals surface area contributed by atoms with Gasteiger partial charge in [0.25, 0.3) is 0 Å². The number of aromatic nitrogens is 1. The zero-order chi connectivity index (χ0) is 47.6. The number of hydrogen-bond acceptors (Lipinski definition) is 2. The smallest absolute Gasteiger partial charge is 0.143 e. The molecule has 3 heteroatoms. The van der Waals surface area contributed by atoms with Crippen molar-refractivity contribution in [3.8, 4) is 27.9 Å². The van der Waals surface area contributed by atoms with Crippen LogP contribution in [0.2, 0.25) is 0 Å². The summed E-state index contributed by atoms with van der Waals surface area (Å²) in [4.78, 5) is 1.62. The molecule has 0 spiro atoms. The highest BCUT2D eigenvalue weighted by molar-refractivity contribution is 6.17. The monoisotopic (exact) mass is 715 g/mol. The first-order chi connectivity index (χ1) is 32.7. The minimum absolute atomic E-state index is 0.110. The molecule has 0 saturated carbocycles. The van der Waals surface area contributed by atoms with Crippen molar-refractivity contribution in [1.82, 2.24) is 4.57 Å². The van der Waals surface area contributed by atoms with Gasteiger partial charge in [-0.3, -0.25) is 0 Å². The van der Waals surface area contributed by atoms with E-state index in [4.69, 9.17) is 16.8 Å². The van der Waals surface area contributed by atoms with Crippen LogP contribution in [-0.4, -0.2) is 4.57 Å². The molecule has 11 rings (SSSR count). The average molecular weight is 716 g/mol. The number of hydrogen-bond donors (Lipinski definition) is 0. The number of nitrogens with zero attached hydrogens (tertiary/aromatic N) is 2. The lowest BCUT2D eigenvalue weighted by Gasteiger charge is -2.26. The summed E-state index contributed by atoms with van der Waals surface area (Å²) in [5.41, 5.74) is 4.46. The van der Waals surface area contributed by atoms with Gasteiger partial charge in [-0.25, -0.2) is 0 Å². The van der Waals surface area contributed by atoms with Crippen LogP contribution >= 0.6 is 0 Å². The van der Waals surface area contributed by atoms with E-state index >= 15 is 0 Å². The Kier molecular flexibility index (Phi) is 4.78. The Morgan fingerprint density at radius 2 is 1.09 bits per heavy atom. The highest BCUT2D eigenvalue weighted by Gasteiger charge is 2.17.